The third-order valence-corrected chi connectivity index (χ3v) is 5.71. The average Bonchev–Trinajstić information content (AvgIpc) is 3.27. The molecule has 2 heterocycles. The van der Waals surface area contributed by atoms with Crippen LogP contribution in [-0.2, 0) is 4.79 Å². The number of aromatic nitrogens is 1. The quantitative estimate of drug-likeness (QED) is 0.736. The lowest BCUT2D eigenvalue weighted by molar-refractivity contribution is -0.119. The van der Waals surface area contributed by atoms with Crippen molar-refractivity contribution in [3.63, 3.8) is 0 Å². The molecule has 1 saturated heterocycles. The predicted octanol–water partition coefficient (Wildman–Crippen LogP) is 4.06. The molecule has 0 spiro atoms. The standard InChI is InChI=1S/C22H24F3N3O2/c1-13(27-14(2)29)15-3-5-16(6-4-15)17-10-28(11-17)21-20(23)7-19(9-26-21)30-12-18-8-22(18,24)25/h3-7,9,13,17-18H,8,10-12H2,1-2H3,(H,27,29)/t13-,18?/m0/s1. The molecule has 1 N–H and O–H groups in total. The van der Waals surface area contributed by atoms with Crippen LogP contribution in [0.25, 0.3) is 0 Å². The zero-order chi connectivity index (χ0) is 21.5. The Hall–Kier alpha value is -2.77. The molecule has 4 rings (SSSR count). The lowest BCUT2D eigenvalue weighted by atomic mass is 9.90. The number of amides is 1. The molecule has 1 aromatic carbocycles. The van der Waals surface area contributed by atoms with Crippen LogP contribution in [-0.4, -0.2) is 36.5 Å². The Morgan fingerprint density at radius 3 is 2.57 bits per heavy atom. The number of pyridine rings is 1. The molecule has 2 atom stereocenters. The number of halogens is 3. The summed E-state index contributed by atoms with van der Waals surface area (Å²) in [5.41, 5.74) is 2.17. The Morgan fingerprint density at radius 2 is 2.00 bits per heavy atom. The lowest BCUT2D eigenvalue weighted by Crippen LogP contribution is -2.46. The zero-order valence-corrected chi connectivity index (χ0v) is 16.9. The highest BCUT2D eigenvalue weighted by atomic mass is 19.3. The van der Waals surface area contributed by atoms with Crippen LogP contribution in [0.4, 0.5) is 19.0 Å². The Kier molecular flexibility index (Phi) is 5.34. The summed E-state index contributed by atoms with van der Waals surface area (Å²) >= 11 is 0. The number of benzene rings is 1. The van der Waals surface area contributed by atoms with E-state index in [9.17, 15) is 18.0 Å². The van der Waals surface area contributed by atoms with Gasteiger partial charge in [-0.15, -0.1) is 0 Å². The van der Waals surface area contributed by atoms with Crippen LogP contribution < -0.4 is 15.0 Å². The van der Waals surface area contributed by atoms with Gasteiger partial charge in [-0.3, -0.25) is 4.79 Å². The van der Waals surface area contributed by atoms with Gasteiger partial charge >= 0.3 is 0 Å². The third kappa shape index (κ3) is 4.37. The first-order valence-electron chi connectivity index (χ1n) is 10.0. The van der Waals surface area contributed by atoms with Gasteiger partial charge in [0.25, 0.3) is 5.92 Å². The van der Waals surface area contributed by atoms with Gasteiger partial charge in [-0.05, 0) is 18.1 Å². The minimum absolute atomic E-state index is 0.0559. The van der Waals surface area contributed by atoms with Crippen LogP contribution in [0.5, 0.6) is 5.75 Å². The van der Waals surface area contributed by atoms with Crippen molar-refractivity contribution in [2.45, 2.75) is 38.2 Å². The van der Waals surface area contributed by atoms with Crippen molar-refractivity contribution >= 4 is 11.7 Å². The summed E-state index contributed by atoms with van der Waals surface area (Å²) in [6.45, 7) is 4.57. The molecule has 1 unspecified atom stereocenters. The van der Waals surface area contributed by atoms with E-state index in [0.717, 1.165) is 11.1 Å². The lowest BCUT2D eigenvalue weighted by Gasteiger charge is -2.40. The van der Waals surface area contributed by atoms with Crippen LogP contribution in [0.3, 0.4) is 0 Å². The summed E-state index contributed by atoms with van der Waals surface area (Å²) in [5, 5.41) is 2.85. The summed E-state index contributed by atoms with van der Waals surface area (Å²) in [6, 6.07) is 9.20. The molecule has 1 aliphatic heterocycles. The Morgan fingerprint density at radius 1 is 1.33 bits per heavy atom. The first-order valence-corrected chi connectivity index (χ1v) is 10.0. The molecule has 1 saturated carbocycles. The number of hydrogen-bond acceptors (Lipinski definition) is 4. The van der Waals surface area contributed by atoms with Gasteiger partial charge in [0.05, 0.1) is 24.8 Å². The monoisotopic (exact) mass is 419 g/mol. The second-order valence-electron chi connectivity index (χ2n) is 8.14. The molecule has 0 bridgehead atoms. The fourth-order valence-electron chi connectivity index (χ4n) is 3.68. The molecule has 1 amide bonds. The molecule has 160 valence electrons. The first-order chi connectivity index (χ1) is 14.2. The van der Waals surface area contributed by atoms with Crippen molar-refractivity contribution in [3.8, 4) is 5.75 Å². The number of rotatable bonds is 7. The summed E-state index contributed by atoms with van der Waals surface area (Å²) in [7, 11) is 0. The van der Waals surface area contributed by atoms with Crippen LogP contribution >= 0.6 is 0 Å². The highest BCUT2D eigenvalue weighted by Gasteiger charge is 2.57. The van der Waals surface area contributed by atoms with Crippen molar-refractivity contribution in [2.75, 3.05) is 24.6 Å². The Balaban J connectivity index is 1.31. The average molecular weight is 419 g/mol. The number of carbonyl (C=O) groups excluding carboxylic acids is 1. The van der Waals surface area contributed by atoms with Crippen LogP contribution in [0.15, 0.2) is 36.5 Å². The van der Waals surface area contributed by atoms with E-state index < -0.39 is 17.7 Å². The second kappa shape index (κ2) is 7.81. The molecular weight excluding hydrogens is 395 g/mol. The fourth-order valence-corrected chi connectivity index (χ4v) is 3.68. The molecule has 8 heteroatoms. The number of carbonyl (C=O) groups is 1. The van der Waals surface area contributed by atoms with Crippen molar-refractivity contribution in [1.82, 2.24) is 10.3 Å². The number of nitrogens with one attached hydrogen (secondary N) is 1. The van der Waals surface area contributed by atoms with E-state index in [0.29, 0.717) is 13.1 Å². The van der Waals surface area contributed by atoms with Crippen molar-refractivity contribution in [1.29, 1.82) is 0 Å². The van der Waals surface area contributed by atoms with Gasteiger partial charge in [0.15, 0.2) is 11.6 Å². The van der Waals surface area contributed by atoms with E-state index >= 15 is 0 Å². The van der Waals surface area contributed by atoms with Crippen molar-refractivity contribution in [3.05, 3.63) is 53.5 Å². The minimum atomic E-state index is -2.65. The van der Waals surface area contributed by atoms with E-state index in [-0.39, 0.29) is 42.5 Å². The minimum Gasteiger partial charge on any atom is -0.491 e. The summed E-state index contributed by atoms with van der Waals surface area (Å²) < 4.78 is 45.5. The van der Waals surface area contributed by atoms with Gasteiger partial charge in [0.2, 0.25) is 5.91 Å². The molecule has 2 fully saturated rings. The van der Waals surface area contributed by atoms with Crippen molar-refractivity contribution in [2.24, 2.45) is 5.92 Å². The number of ether oxygens (including phenoxy) is 1. The Bertz CT molecular complexity index is 930. The highest BCUT2D eigenvalue weighted by molar-refractivity contribution is 5.73. The van der Waals surface area contributed by atoms with Gasteiger partial charge in [0, 0.05) is 38.4 Å². The summed E-state index contributed by atoms with van der Waals surface area (Å²) in [4.78, 5) is 17.1. The largest absolute Gasteiger partial charge is 0.491 e. The Labute approximate surface area is 173 Å². The smallest absolute Gasteiger partial charge is 0.255 e. The molecule has 0 radical (unpaired) electrons. The van der Waals surface area contributed by atoms with E-state index in [1.807, 2.05) is 36.1 Å². The number of nitrogens with zero attached hydrogens (tertiary/aromatic N) is 2. The third-order valence-electron chi connectivity index (χ3n) is 5.71. The maximum atomic E-state index is 14.4. The maximum Gasteiger partial charge on any atom is 0.255 e. The van der Waals surface area contributed by atoms with E-state index in [1.165, 1.54) is 19.2 Å². The van der Waals surface area contributed by atoms with Crippen LogP contribution in [0, 0.1) is 11.7 Å². The van der Waals surface area contributed by atoms with Gasteiger partial charge in [-0.2, -0.15) is 0 Å². The van der Waals surface area contributed by atoms with Crippen molar-refractivity contribution < 1.29 is 22.7 Å². The van der Waals surface area contributed by atoms with Gasteiger partial charge < -0.3 is 15.0 Å². The molecule has 2 aliphatic rings. The van der Waals surface area contributed by atoms with Crippen LogP contribution in [0.1, 0.15) is 43.4 Å². The van der Waals surface area contributed by atoms with Gasteiger partial charge in [-0.25, -0.2) is 18.2 Å². The highest BCUT2D eigenvalue weighted by Crippen LogP contribution is 2.48. The molecular formula is C22H24F3N3O2. The predicted molar refractivity (Wildman–Crippen MR) is 106 cm³/mol. The molecule has 2 aromatic rings. The SMILES string of the molecule is CC(=O)N[C@@H](C)c1ccc(C2CN(c3ncc(OCC4CC4(F)F)cc3F)C2)cc1. The van der Waals surface area contributed by atoms with E-state index in [4.69, 9.17) is 4.74 Å². The maximum absolute atomic E-state index is 14.4. The zero-order valence-electron chi connectivity index (χ0n) is 16.9. The molecule has 5 nitrogen and oxygen atoms in total. The molecule has 30 heavy (non-hydrogen) atoms. The van der Waals surface area contributed by atoms with Gasteiger partial charge in [0.1, 0.15) is 5.75 Å². The number of hydrogen-bond donors (Lipinski definition) is 1. The van der Waals surface area contributed by atoms with E-state index in [1.54, 1.807) is 0 Å². The first kappa shape index (κ1) is 20.5. The number of anilines is 1. The van der Waals surface area contributed by atoms with Gasteiger partial charge in [-0.1, -0.05) is 24.3 Å². The molecule has 1 aliphatic carbocycles. The number of alkyl halides is 2. The fraction of sp³-hybridized carbons (Fsp3) is 0.455. The molecule has 1 aromatic heterocycles. The topological polar surface area (TPSA) is 54.5 Å². The van der Waals surface area contributed by atoms with Crippen LogP contribution in [0.2, 0.25) is 0 Å². The normalized spacial score (nSPS) is 21.0. The summed E-state index contributed by atoms with van der Waals surface area (Å²) in [6.07, 6.45) is 1.20. The second-order valence-corrected chi connectivity index (χ2v) is 8.14. The van der Waals surface area contributed by atoms with E-state index in [2.05, 4.69) is 10.3 Å². The summed E-state index contributed by atoms with van der Waals surface area (Å²) in [5.74, 6) is -3.36.